The number of aromatic nitrogens is 2. The van der Waals surface area contributed by atoms with E-state index in [1.807, 2.05) is 23.1 Å². The number of hydrogen-bond acceptors (Lipinski definition) is 5. The van der Waals surface area contributed by atoms with Gasteiger partial charge in [0.05, 0.1) is 12.0 Å². The molecule has 0 radical (unpaired) electrons. The monoisotopic (exact) mass is 412 g/mol. The van der Waals surface area contributed by atoms with Gasteiger partial charge in [-0.15, -0.1) is 0 Å². The lowest BCUT2D eigenvalue weighted by atomic mass is 9.83. The standard InChI is InChI=1S/C23H32N4O3/c1-25-22(28)19-10-4-3-9-18(19)21(24-25)23(29)27(14-15-30-2)16-17-8-7-13-26-12-6-5-11-20(17)26/h3-4,9-10,17,20H,5-8,11-16H2,1-2H3. The van der Waals surface area contributed by atoms with Crippen LogP contribution in [0, 0.1) is 5.92 Å². The Hall–Kier alpha value is -2.25. The number of ether oxygens (including phenoxy) is 1. The van der Waals surface area contributed by atoms with Crippen LogP contribution in [0.25, 0.3) is 10.8 Å². The number of carbonyl (C=O) groups excluding carboxylic acids is 1. The molecule has 1 amide bonds. The molecule has 2 aliphatic rings. The first-order valence-electron chi connectivity index (χ1n) is 11.1. The third-order valence-electron chi connectivity index (χ3n) is 6.70. The molecule has 2 unspecified atom stereocenters. The Morgan fingerprint density at radius 3 is 2.73 bits per heavy atom. The lowest BCUT2D eigenvalue weighted by Gasteiger charge is -2.45. The van der Waals surface area contributed by atoms with Crippen molar-refractivity contribution in [3.63, 3.8) is 0 Å². The van der Waals surface area contributed by atoms with E-state index in [0.29, 0.717) is 48.1 Å². The van der Waals surface area contributed by atoms with Crippen LogP contribution < -0.4 is 5.56 Å². The molecule has 2 fully saturated rings. The van der Waals surface area contributed by atoms with Crippen LogP contribution in [0.2, 0.25) is 0 Å². The number of fused-ring (bicyclic) bond motifs is 2. The molecule has 1 aromatic heterocycles. The summed E-state index contributed by atoms with van der Waals surface area (Å²) >= 11 is 0. The Balaban J connectivity index is 1.64. The Bertz CT molecular complexity index is 955. The first kappa shape index (κ1) is 21.0. The summed E-state index contributed by atoms with van der Waals surface area (Å²) in [6.45, 7) is 4.08. The minimum absolute atomic E-state index is 0.119. The quantitative estimate of drug-likeness (QED) is 0.728. The zero-order valence-corrected chi connectivity index (χ0v) is 18.0. The van der Waals surface area contributed by atoms with Gasteiger partial charge in [0.1, 0.15) is 0 Å². The highest BCUT2D eigenvalue weighted by atomic mass is 16.5. The van der Waals surface area contributed by atoms with Crippen molar-refractivity contribution < 1.29 is 9.53 Å². The van der Waals surface area contributed by atoms with Crippen molar-refractivity contribution in [3.05, 3.63) is 40.3 Å². The van der Waals surface area contributed by atoms with Gasteiger partial charge in [0.15, 0.2) is 5.69 Å². The Labute approximate surface area is 177 Å². The molecule has 1 aromatic carbocycles. The predicted octanol–water partition coefficient (Wildman–Crippen LogP) is 2.29. The summed E-state index contributed by atoms with van der Waals surface area (Å²) in [6, 6.07) is 7.81. The van der Waals surface area contributed by atoms with E-state index in [1.165, 1.54) is 43.5 Å². The SMILES string of the molecule is COCCN(CC1CCCN2CCCCC12)C(=O)c1nn(C)c(=O)c2ccccc12. The highest BCUT2D eigenvalue weighted by Gasteiger charge is 2.35. The summed E-state index contributed by atoms with van der Waals surface area (Å²) in [4.78, 5) is 30.6. The number of rotatable bonds is 6. The van der Waals surface area contributed by atoms with Gasteiger partial charge in [-0.05, 0) is 50.8 Å². The summed E-state index contributed by atoms with van der Waals surface area (Å²) in [5.74, 6) is 0.352. The van der Waals surface area contributed by atoms with Crippen LogP contribution in [0.1, 0.15) is 42.6 Å². The smallest absolute Gasteiger partial charge is 0.275 e. The maximum Gasteiger partial charge on any atom is 0.275 e. The fourth-order valence-electron chi connectivity index (χ4n) is 5.16. The van der Waals surface area contributed by atoms with E-state index < -0.39 is 0 Å². The van der Waals surface area contributed by atoms with Gasteiger partial charge in [0, 0.05) is 38.7 Å². The van der Waals surface area contributed by atoms with E-state index in [-0.39, 0.29) is 11.5 Å². The van der Waals surface area contributed by atoms with Crippen LogP contribution >= 0.6 is 0 Å². The number of aryl methyl sites for hydroxylation is 1. The number of methoxy groups -OCH3 is 1. The second-order valence-electron chi connectivity index (χ2n) is 8.57. The van der Waals surface area contributed by atoms with Crippen LogP contribution in [-0.4, -0.2) is 71.4 Å². The molecule has 162 valence electrons. The highest BCUT2D eigenvalue weighted by Crippen LogP contribution is 2.31. The van der Waals surface area contributed by atoms with Crippen LogP contribution in [-0.2, 0) is 11.8 Å². The van der Waals surface area contributed by atoms with Crippen molar-refractivity contribution in [3.8, 4) is 0 Å². The molecule has 3 heterocycles. The van der Waals surface area contributed by atoms with Gasteiger partial charge in [0.25, 0.3) is 11.5 Å². The normalized spacial score (nSPS) is 22.1. The third-order valence-corrected chi connectivity index (χ3v) is 6.70. The van der Waals surface area contributed by atoms with Crippen LogP contribution in [0.3, 0.4) is 0 Å². The fraction of sp³-hybridized carbons (Fsp3) is 0.609. The van der Waals surface area contributed by atoms with Crippen molar-refractivity contribution in [1.29, 1.82) is 0 Å². The topological polar surface area (TPSA) is 67.7 Å². The van der Waals surface area contributed by atoms with Gasteiger partial charge in [0.2, 0.25) is 0 Å². The first-order valence-corrected chi connectivity index (χ1v) is 11.1. The van der Waals surface area contributed by atoms with Gasteiger partial charge in [-0.3, -0.25) is 9.59 Å². The van der Waals surface area contributed by atoms with Gasteiger partial charge in [-0.2, -0.15) is 5.10 Å². The molecule has 2 aliphatic heterocycles. The molecule has 0 spiro atoms. The molecule has 0 saturated carbocycles. The number of nitrogens with zero attached hydrogens (tertiary/aromatic N) is 4. The highest BCUT2D eigenvalue weighted by molar-refractivity contribution is 6.04. The lowest BCUT2D eigenvalue weighted by Crippen LogP contribution is -2.52. The van der Waals surface area contributed by atoms with E-state index in [1.54, 1.807) is 20.2 Å². The summed E-state index contributed by atoms with van der Waals surface area (Å²) in [7, 11) is 3.26. The van der Waals surface area contributed by atoms with Crippen LogP contribution in [0.15, 0.2) is 29.1 Å². The molecular formula is C23H32N4O3. The van der Waals surface area contributed by atoms with Crippen molar-refractivity contribution >= 4 is 16.7 Å². The predicted molar refractivity (Wildman–Crippen MR) is 117 cm³/mol. The van der Waals surface area contributed by atoms with Gasteiger partial charge < -0.3 is 14.5 Å². The largest absolute Gasteiger partial charge is 0.383 e. The number of amides is 1. The van der Waals surface area contributed by atoms with Gasteiger partial charge in [-0.25, -0.2) is 4.68 Å². The summed E-state index contributed by atoms with van der Waals surface area (Å²) < 4.78 is 6.58. The zero-order valence-electron chi connectivity index (χ0n) is 18.0. The molecular weight excluding hydrogens is 380 g/mol. The van der Waals surface area contributed by atoms with Crippen molar-refractivity contribution in [2.75, 3.05) is 39.9 Å². The van der Waals surface area contributed by atoms with E-state index in [4.69, 9.17) is 4.74 Å². The first-order chi connectivity index (χ1) is 14.6. The number of piperidine rings is 2. The Morgan fingerprint density at radius 2 is 1.93 bits per heavy atom. The van der Waals surface area contributed by atoms with Crippen molar-refractivity contribution in [2.45, 2.75) is 38.1 Å². The average molecular weight is 413 g/mol. The van der Waals surface area contributed by atoms with E-state index in [2.05, 4.69) is 10.00 Å². The number of carbonyl (C=O) groups is 1. The Morgan fingerprint density at radius 1 is 1.17 bits per heavy atom. The summed E-state index contributed by atoms with van der Waals surface area (Å²) in [5, 5.41) is 5.52. The molecule has 2 aromatic rings. The second kappa shape index (κ2) is 9.27. The molecule has 4 rings (SSSR count). The van der Waals surface area contributed by atoms with Gasteiger partial charge in [-0.1, -0.05) is 24.6 Å². The molecule has 0 aliphatic carbocycles. The zero-order chi connectivity index (χ0) is 21.1. The maximum absolute atomic E-state index is 13.6. The summed E-state index contributed by atoms with van der Waals surface area (Å²) in [6.07, 6.45) is 6.12. The second-order valence-corrected chi connectivity index (χ2v) is 8.57. The lowest BCUT2D eigenvalue weighted by molar-refractivity contribution is 0.0313. The van der Waals surface area contributed by atoms with Crippen LogP contribution in [0.5, 0.6) is 0 Å². The number of benzene rings is 1. The third kappa shape index (κ3) is 4.14. The molecule has 2 saturated heterocycles. The molecule has 2 atom stereocenters. The van der Waals surface area contributed by atoms with E-state index in [0.717, 1.165) is 6.42 Å². The van der Waals surface area contributed by atoms with E-state index >= 15 is 0 Å². The minimum atomic E-state index is -0.185. The van der Waals surface area contributed by atoms with Gasteiger partial charge >= 0.3 is 0 Å². The fourth-order valence-corrected chi connectivity index (χ4v) is 5.16. The molecule has 30 heavy (non-hydrogen) atoms. The number of hydrogen-bond donors (Lipinski definition) is 0. The maximum atomic E-state index is 13.6. The average Bonchev–Trinajstić information content (AvgIpc) is 2.78. The molecule has 7 nitrogen and oxygen atoms in total. The Kier molecular flexibility index (Phi) is 6.49. The minimum Gasteiger partial charge on any atom is -0.383 e. The van der Waals surface area contributed by atoms with Crippen LogP contribution in [0.4, 0.5) is 0 Å². The van der Waals surface area contributed by atoms with Crippen molar-refractivity contribution in [1.82, 2.24) is 19.6 Å². The van der Waals surface area contributed by atoms with E-state index in [9.17, 15) is 9.59 Å². The van der Waals surface area contributed by atoms with Crippen molar-refractivity contribution in [2.24, 2.45) is 13.0 Å². The summed E-state index contributed by atoms with van der Waals surface area (Å²) in [5.41, 5.74) is 0.163. The molecule has 0 bridgehead atoms. The molecule has 7 heteroatoms. The molecule has 0 N–H and O–H groups in total.